The van der Waals surface area contributed by atoms with E-state index in [1.807, 2.05) is 0 Å². The molecule has 25 heavy (non-hydrogen) atoms. The fourth-order valence-electron chi connectivity index (χ4n) is 3.10. The number of carbonyl (C=O) groups excluding carboxylic acids is 2. The fourth-order valence-corrected chi connectivity index (χ4v) is 3.30. The Kier molecular flexibility index (Phi) is 4.38. The first kappa shape index (κ1) is 17.2. The second-order valence-electron chi connectivity index (χ2n) is 5.96. The van der Waals surface area contributed by atoms with Gasteiger partial charge in [0.15, 0.2) is 0 Å². The van der Waals surface area contributed by atoms with Crippen molar-refractivity contribution in [3.05, 3.63) is 46.5 Å². The van der Waals surface area contributed by atoms with E-state index in [1.165, 1.54) is 6.07 Å². The minimum absolute atomic E-state index is 0.0595. The maximum atomic E-state index is 13.7. The number of carbonyl (C=O) groups is 2. The number of halogens is 2. The van der Waals surface area contributed by atoms with E-state index in [9.17, 15) is 14.0 Å². The number of hydrogen-bond acceptors (Lipinski definition) is 4. The smallest absolute Gasteiger partial charge is 0.253 e. The number of nitrogens with two attached hydrogens (primary N) is 1. The summed E-state index contributed by atoms with van der Waals surface area (Å²) in [5.74, 6) is -1.46. The minimum Gasteiger partial charge on any atom is -0.396 e. The summed E-state index contributed by atoms with van der Waals surface area (Å²) in [6, 6.07) is 3.25. The van der Waals surface area contributed by atoms with Crippen LogP contribution in [0.15, 0.2) is 24.4 Å². The van der Waals surface area contributed by atoms with Crippen molar-refractivity contribution in [3.8, 4) is 0 Å². The molecular weight excluding hydrogens is 349 g/mol. The van der Waals surface area contributed by atoms with Gasteiger partial charge < -0.3 is 16.0 Å². The van der Waals surface area contributed by atoms with Crippen LogP contribution in [0.25, 0.3) is 0 Å². The molecule has 3 N–H and O–H groups in total. The molecule has 2 aromatic rings. The summed E-state index contributed by atoms with van der Waals surface area (Å²) in [7, 11) is 3.43. The fraction of sp³-hybridized carbons (Fsp3) is 0.312. The van der Waals surface area contributed by atoms with E-state index in [0.29, 0.717) is 0 Å². The van der Waals surface area contributed by atoms with Gasteiger partial charge in [-0.3, -0.25) is 14.3 Å². The van der Waals surface area contributed by atoms with E-state index < -0.39 is 17.8 Å². The highest BCUT2D eigenvalue weighted by molar-refractivity contribution is 6.31. The largest absolute Gasteiger partial charge is 0.396 e. The quantitative estimate of drug-likeness (QED) is 0.806. The predicted molar refractivity (Wildman–Crippen MR) is 90.4 cm³/mol. The second kappa shape index (κ2) is 6.36. The third-order valence-corrected chi connectivity index (χ3v) is 4.62. The summed E-state index contributed by atoms with van der Waals surface area (Å²) in [6.45, 7) is 0. The minimum atomic E-state index is -0.763. The number of benzene rings is 1. The molecule has 3 rings (SSSR count). The SMILES string of the molecule is CN1C(=O)C[C@@H](NC(=O)c2cc(Cl)cc(F)c2N)[C@@H]1c1ccnn1C. The molecule has 2 heterocycles. The summed E-state index contributed by atoms with van der Waals surface area (Å²) in [5.41, 5.74) is 6.09. The van der Waals surface area contributed by atoms with E-state index in [-0.39, 0.29) is 34.6 Å². The molecule has 0 saturated carbocycles. The van der Waals surface area contributed by atoms with Gasteiger partial charge in [-0.2, -0.15) is 5.10 Å². The molecule has 1 aliphatic heterocycles. The van der Waals surface area contributed by atoms with Crippen LogP contribution in [0.5, 0.6) is 0 Å². The van der Waals surface area contributed by atoms with Crippen LogP contribution in [-0.2, 0) is 11.8 Å². The van der Waals surface area contributed by atoms with Gasteiger partial charge in [0.25, 0.3) is 5.91 Å². The van der Waals surface area contributed by atoms with Crippen LogP contribution in [0, 0.1) is 5.82 Å². The average Bonchev–Trinajstić information content (AvgIpc) is 3.07. The highest BCUT2D eigenvalue weighted by Crippen LogP contribution is 2.32. The van der Waals surface area contributed by atoms with Crippen molar-refractivity contribution in [2.24, 2.45) is 7.05 Å². The predicted octanol–water partition coefficient (Wildman–Crippen LogP) is 1.50. The first-order valence-corrected chi connectivity index (χ1v) is 7.96. The number of anilines is 1. The number of likely N-dealkylation sites (tertiary alicyclic amines) is 1. The van der Waals surface area contributed by atoms with Crippen LogP contribution in [0.1, 0.15) is 28.5 Å². The summed E-state index contributed by atoms with van der Waals surface area (Å²) in [6.07, 6.45) is 1.75. The molecule has 9 heteroatoms. The van der Waals surface area contributed by atoms with E-state index in [4.69, 9.17) is 17.3 Å². The molecule has 0 radical (unpaired) electrons. The monoisotopic (exact) mass is 365 g/mol. The Balaban J connectivity index is 1.90. The van der Waals surface area contributed by atoms with Gasteiger partial charge in [0.2, 0.25) is 5.91 Å². The molecule has 1 saturated heterocycles. The van der Waals surface area contributed by atoms with Gasteiger partial charge in [-0.05, 0) is 18.2 Å². The zero-order valence-electron chi connectivity index (χ0n) is 13.7. The third-order valence-electron chi connectivity index (χ3n) is 4.40. The number of nitrogens with one attached hydrogen (secondary N) is 1. The van der Waals surface area contributed by atoms with Crippen LogP contribution in [0.2, 0.25) is 5.02 Å². The van der Waals surface area contributed by atoms with Crippen molar-refractivity contribution >= 4 is 29.1 Å². The Morgan fingerprint density at radius 2 is 2.16 bits per heavy atom. The van der Waals surface area contributed by atoms with E-state index >= 15 is 0 Å². The lowest BCUT2D eigenvalue weighted by Gasteiger charge is -2.25. The number of aromatic nitrogens is 2. The van der Waals surface area contributed by atoms with Crippen molar-refractivity contribution in [2.75, 3.05) is 12.8 Å². The number of hydrogen-bond donors (Lipinski definition) is 2. The van der Waals surface area contributed by atoms with Crippen molar-refractivity contribution < 1.29 is 14.0 Å². The third kappa shape index (κ3) is 3.05. The topological polar surface area (TPSA) is 93.2 Å². The molecule has 1 aliphatic rings. The lowest BCUT2D eigenvalue weighted by atomic mass is 10.0. The number of amides is 2. The molecule has 0 bridgehead atoms. The lowest BCUT2D eigenvalue weighted by Crippen LogP contribution is -2.40. The molecule has 0 unspecified atom stereocenters. The molecular formula is C16H17ClFN5O2. The summed E-state index contributed by atoms with van der Waals surface area (Å²) in [5, 5.41) is 6.95. The van der Waals surface area contributed by atoms with Crippen molar-refractivity contribution in [2.45, 2.75) is 18.5 Å². The Bertz CT molecular complexity index is 853. The van der Waals surface area contributed by atoms with E-state index in [2.05, 4.69) is 10.4 Å². The molecule has 7 nitrogen and oxygen atoms in total. The van der Waals surface area contributed by atoms with Gasteiger partial charge in [0.05, 0.1) is 29.0 Å². The van der Waals surface area contributed by atoms with Crippen LogP contribution in [0.4, 0.5) is 10.1 Å². The standard InChI is InChI=1S/C16H17ClFN5O2/c1-22-13(24)7-11(15(22)12-3-4-20-23(12)2)21-16(25)9-5-8(17)6-10(18)14(9)19/h3-6,11,15H,7,19H2,1-2H3,(H,21,25)/t11-,15-/m1/s1. The van der Waals surface area contributed by atoms with Gasteiger partial charge in [-0.15, -0.1) is 0 Å². The zero-order valence-corrected chi connectivity index (χ0v) is 14.4. The van der Waals surface area contributed by atoms with Gasteiger partial charge in [0, 0.05) is 31.7 Å². The molecule has 132 valence electrons. The Labute approximate surface area is 148 Å². The summed E-state index contributed by atoms with van der Waals surface area (Å²) < 4.78 is 15.4. The average molecular weight is 366 g/mol. The Hall–Kier alpha value is -2.61. The number of rotatable bonds is 3. The first-order chi connectivity index (χ1) is 11.8. The highest BCUT2D eigenvalue weighted by atomic mass is 35.5. The second-order valence-corrected chi connectivity index (χ2v) is 6.40. The lowest BCUT2D eigenvalue weighted by molar-refractivity contribution is -0.127. The molecule has 1 aromatic carbocycles. The maximum absolute atomic E-state index is 13.7. The Morgan fingerprint density at radius 3 is 2.80 bits per heavy atom. The van der Waals surface area contributed by atoms with Crippen LogP contribution in [-0.4, -0.2) is 39.6 Å². The summed E-state index contributed by atoms with van der Waals surface area (Å²) >= 11 is 5.81. The van der Waals surface area contributed by atoms with Gasteiger partial charge in [0.1, 0.15) is 5.82 Å². The summed E-state index contributed by atoms with van der Waals surface area (Å²) in [4.78, 5) is 26.3. The van der Waals surface area contributed by atoms with Crippen LogP contribution in [0.3, 0.4) is 0 Å². The number of nitrogens with zero attached hydrogens (tertiary/aromatic N) is 3. The van der Waals surface area contributed by atoms with Crippen molar-refractivity contribution in [3.63, 3.8) is 0 Å². The van der Waals surface area contributed by atoms with Gasteiger partial charge >= 0.3 is 0 Å². The van der Waals surface area contributed by atoms with Crippen molar-refractivity contribution in [1.82, 2.24) is 20.0 Å². The molecule has 0 aliphatic carbocycles. The van der Waals surface area contributed by atoms with Crippen LogP contribution < -0.4 is 11.1 Å². The molecule has 1 fully saturated rings. The maximum Gasteiger partial charge on any atom is 0.253 e. The number of nitrogen functional groups attached to an aromatic ring is 1. The van der Waals surface area contributed by atoms with E-state index in [1.54, 1.807) is 35.9 Å². The molecule has 2 atom stereocenters. The highest BCUT2D eigenvalue weighted by Gasteiger charge is 2.41. The van der Waals surface area contributed by atoms with Crippen molar-refractivity contribution in [1.29, 1.82) is 0 Å². The van der Waals surface area contributed by atoms with E-state index in [0.717, 1.165) is 11.8 Å². The van der Waals surface area contributed by atoms with Crippen LogP contribution >= 0.6 is 11.6 Å². The molecule has 0 spiro atoms. The molecule has 2 amide bonds. The number of aryl methyl sites for hydroxylation is 1. The first-order valence-electron chi connectivity index (χ1n) is 7.58. The Morgan fingerprint density at radius 1 is 1.44 bits per heavy atom. The normalized spacial score (nSPS) is 20.2. The van der Waals surface area contributed by atoms with Gasteiger partial charge in [-0.25, -0.2) is 4.39 Å². The van der Waals surface area contributed by atoms with Gasteiger partial charge in [-0.1, -0.05) is 11.6 Å². The zero-order chi connectivity index (χ0) is 18.3. The molecule has 1 aromatic heterocycles. The number of likely N-dealkylation sites (N-methyl/N-ethyl adjacent to an activating group) is 1.